The largest absolute Gasteiger partial charge is 0.423 e. The molecule has 20 heavy (non-hydrogen) atoms. The van der Waals surface area contributed by atoms with E-state index in [2.05, 4.69) is 0 Å². The molecule has 0 fully saturated rings. The van der Waals surface area contributed by atoms with E-state index in [0.29, 0.717) is 15.9 Å². The van der Waals surface area contributed by atoms with Crippen molar-refractivity contribution < 1.29 is 13.2 Å². The normalized spacial score (nSPS) is 10.9. The topological polar surface area (TPSA) is 30.2 Å². The smallest absolute Gasteiger partial charge is 0.337 e. The average molecular weight is 290 g/mol. The number of halogens is 2. The molecule has 1 aromatic heterocycles. The van der Waals surface area contributed by atoms with Crippen LogP contribution in [0, 0.1) is 11.6 Å². The summed E-state index contributed by atoms with van der Waals surface area (Å²) in [5.74, 6) is -0.745. The Morgan fingerprint density at radius 3 is 2.35 bits per heavy atom. The Hall–Kier alpha value is -2.14. The Morgan fingerprint density at radius 1 is 0.900 bits per heavy atom. The standard InChI is InChI=1S/C15H8F2O2S/c16-9-1-4-11(5-2-9)20-14-8-15(18)19-13-6-3-10(17)7-12(13)14/h1-8H. The van der Waals surface area contributed by atoms with Crippen LogP contribution in [0.4, 0.5) is 8.78 Å². The molecule has 0 radical (unpaired) electrons. The minimum absolute atomic E-state index is 0.323. The van der Waals surface area contributed by atoms with Crippen LogP contribution in [0.3, 0.4) is 0 Å². The molecule has 0 bridgehead atoms. The lowest BCUT2D eigenvalue weighted by atomic mass is 10.2. The number of rotatable bonds is 2. The molecule has 0 aliphatic rings. The van der Waals surface area contributed by atoms with E-state index in [-0.39, 0.29) is 5.82 Å². The molecule has 0 saturated heterocycles. The Bertz CT molecular complexity index is 825. The van der Waals surface area contributed by atoms with E-state index in [0.717, 1.165) is 4.90 Å². The summed E-state index contributed by atoms with van der Waals surface area (Å²) in [6, 6.07) is 11.1. The summed E-state index contributed by atoms with van der Waals surface area (Å²) < 4.78 is 31.2. The van der Waals surface area contributed by atoms with Gasteiger partial charge in [-0.15, -0.1) is 0 Å². The first-order valence-electron chi connectivity index (χ1n) is 5.79. The molecule has 0 spiro atoms. The Labute approximate surface area is 117 Å². The molecule has 1 heterocycles. The van der Waals surface area contributed by atoms with E-state index < -0.39 is 11.4 Å². The Balaban J connectivity index is 2.12. The van der Waals surface area contributed by atoms with Gasteiger partial charge in [0.15, 0.2) is 0 Å². The van der Waals surface area contributed by atoms with Crippen LogP contribution in [0.2, 0.25) is 0 Å². The summed E-state index contributed by atoms with van der Waals surface area (Å²) in [7, 11) is 0. The fraction of sp³-hybridized carbons (Fsp3) is 0. The van der Waals surface area contributed by atoms with Gasteiger partial charge in [0, 0.05) is 21.2 Å². The zero-order chi connectivity index (χ0) is 14.1. The summed E-state index contributed by atoms with van der Waals surface area (Å²) in [4.78, 5) is 12.8. The molecular formula is C15H8F2O2S. The third-order valence-electron chi connectivity index (χ3n) is 2.71. The van der Waals surface area contributed by atoms with Crippen molar-refractivity contribution in [1.29, 1.82) is 0 Å². The molecule has 0 saturated carbocycles. The van der Waals surface area contributed by atoms with E-state index in [9.17, 15) is 13.6 Å². The number of fused-ring (bicyclic) bond motifs is 1. The maximum atomic E-state index is 13.3. The van der Waals surface area contributed by atoms with Crippen molar-refractivity contribution in [2.24, 2.45) is 0 Å². The van der Waals surface area contributed by atoms with Crippen molar-refractivity contribution in [3.8, 4) is 0 Å². The monoisotopic (exact) mass is 290 g/mol. The van der Waals surface area contributed by atoms with E-state index in [4.69, 9.17) is 4.42 Å². The van der Waals surface area contributed by atoms with Gasteiger partial charge in [0.25, 0.3) is 0 Å². The van der Waals surface area contributed by atoms with E-state index in [1.165, 1.54) is 48.2 Å². The van der Waals surface area contributed by atoms with Gasteiger partial charge in [-0.25, -0.2) is 13.6 Å². The van der Waals surface area contributed by atoms with Gasteiger partial charge in [-0.05, 0) is 42.5 Å². The first kappa shape index (κ1) is 12.9. The average Bonchev–Trinajstić information content (AvgIpc) is 2.42. The predicted molar refractivity (Wildman–Crippen MR) is 73.0 cm³/mol. The highest BCUT2D eigenvalue weighted by Gasteiger charge is 2.08. The molecule has 3 aromatic rings. The quantitative estimate of drug-likeness (QED) is 0.662. The molecular weight excluding hydrogens is 282 g/mol. The lowest BCUT2D eigenvalue weighted by molar-refractivity contribution is 0.555. The second kappa shape index (κ2) is 5.09. The van der Waals surface area contributed by atoms with Crippen LogP contribution in [0.5, 0.6) is 0 Å². The fourth-order valence-electron chi connectivity index (χ4n) is 1.82. The molecule has 0 atom stereocenters. The van der Waals surface area contributed by atoms with Crippen molar-refractivity contribution >= 4 is 22.7 Å². The van der Waals surface area contributed by atoms with Gasteiger partial charge in [0.1, 0.15) is 17.2 Å². The highest BCUT2D eigenvalue weighted by molar-refractivity contribution is 7.99. The molecule has 0 amide bonds. The van der Waals surface area contributed by atoms with Crippen LogP contribution in [0.25, 0.3) is 11.0 Å². The van der Waals surface area contributed by atoms with Crippen LogP contribution in [-0.4, -0.2) is 0 Å². The summed E-state index contributed by atoms with van der Waals surface area (Å²) in [6.45, 7) is 0. The molecule has 0 unspecified atom stereocenters. The second-order valence-electron chi connectivity index (χ2n) is 4.13. The first-order valence-corrected chi connectivity index (χ1v) is 6.60. The highest BCUT2D eigenvalue weighted by atomic mass is 32.2. The SMILES string of the molecule is O=c1cc(Sc2ccc(F)cc2)c2cc(F)ccc2o1. The van der Waals surface area contributed by atoms with Gasteiger partial charge >= 0.3 is 5.63 Å². The zero-order valence-corrected chi connectivity index (χ0v) is 10.9. The van der Waals surface area contributed by atoms with Crippen LogP contribution in [-0.2, 0) is 0 Å². The summed E-state index contributed by atoms with van der Waals surface area (Å²) in [6.07, 6.45) is 0. The van der Waals surface area contributed by atoms with Crippen molar-refractivity contribution in [2.75, 3.05) is 0 Å². The van der Waals surface area contributed by atoms with Gasteiger partial charge in [0.05, 0.1) is 0 Å². The van der Waals surface area contributed by atoms with E-state index in [1.807, 2.05) is 0 Å². The van der Waals surface area contributed by atoms with Crippen molar-refractivity contribution in [1.82, 2.24) is 0 Å². The molecule has 0 N–H and O–H groups in total. The third-order valence-corrected chi connectivity index (χ3v) is 3.77. The lowest BCUT2D eigenvalue weighted by Crippen LogP contribution is -1.97. The molecule has 5 heteroatoms. The second-order valence-corrected chi connectivity index (χ2v) is 5.24. The maximum Gasteiger partial charge on any atom is 0.337 e. The van der Waals surface area contributed by atoms with Crippen LogP contribution >= 0.6 is 11.8 Å². The van der Waals surface area contributed by atoms with Crippen molar-refractivity contribution in [2.45, 2.75) is 9.79 Å². The zero-order valence-electron chi connectivity index (χ0n) is 10.1. The van der Waals surface area contributed by atoms with Gasteiger partial charge in [0.2, 0.25) is 0 Å². The minimum Gasteiger partial charge on any atom is -0.423 e. The summed E-state index contributed by atoms with van der Waals surface area (Å²) in [5.41, 5.74) is -0.183. The van der Waals surface area contributed by atoms with Crippen molar-refractivity contribution in [3.05, 3.63) is 70.6 Å². The van der Waals surface area contributed by atoms with Crippen LogP contribution in [0.1, 0.15) is 0 Å². The van der Waals surface area contributed by atoms with E-state index >= 15 is 0 Å². The molecule has 0 aliphatic carbocycles. The predicted octanol–water partition coefficient (Wildman–Crippen LogP) is 4.22. The summed E-state index contributed by atoms with van der Waals surface area (Å²) >= 11 is 1.26. The third kappa shape index (κ3) is 2.58. The number of hydrogen-bond acceptors (Lipinski definition) is 3. The van der Waals surface area contributed by atoms with Crippen LogP contribution in [0.15, 0.2) is 67.5 Å². The first-order chi connectivity index (χ1) is 9.61. The molecule has 2 nitrogen and oxygen atoms in total. The van der Waals surface area contributed by atoms with E-state index in [1.54, 1.807) is 12.1 Å². The lowest BCUT2D eigenvalue weighted by Gasteiger charge is -2.05. The molecule has 100 valence electrons. The highest BCUT2D eigenvalue weighted by Crippen LogP contribution is 2.32. The molecule has 2 aromatic carbocycles. The fourth-order valence-corrected chi connectivity index (χ4v) is 2.77. The Kier molecular flexibility index (Phi) is 3.28. The van der Waals surface area contributed by atoms with Gasteiger partial charge in [-0.2, -0.15) is 0 Å². The van der Waals surface area contributed by atoms with Crippen LogP contribution < -0.4 is 5.63 Å². The van der Waals surface area contributed by atoms with Gasteiger partial charge in [-0.1, -0.05) is 11.8 Å². The van der Waals surface area contributed by atoms with Gasteiger partial charge < -0.3 is 4.42 Å². The van der Waals surface area contributed by atoms with Gasteiger partial charge in [-0.3, -0.25) is 0 Å². The maximum absolute atomic E-state index is 13.3. The number of hydrogen-bond donors (Lipinski definition) is 0. The molecule has 0 aliphatic heterocycles. The van der Waals surface area contributed by atoms with Crippen molar-refractivity contribution in [3.63, 3.8) is 0 Å². The number of benzene rings is 2. The minimum atomic E-state index is -0.506. The summed E-state index contributed by atoms with van der Waals surface area (Å²) in [5, 5.41) is 0.513. The molecule has 3 rings (SSSR count). The Morgan fingerprint density at radius 2 is 1.60 bits per heavy atom.